The molecule has 1 aliphatic rings. The summed E-state index contributed by atoms with van der Waals surface area (Å²) in [4.78, 5) is 23.5. The number of carbonyl (C=O) groups is 2. The molecule has 0 aromatic heterocycles. The van der Waals surface area contributed by atoms with E-state index in [-0.39, 0.29) is 23.9 Å². The highest BCUT2D eigenvalue weighted by atomic mass is 16.6. The van der Waals surface area contributed by atoms with Gasteiger partial charge in [-0.3, -0.25) is 9.59 Å². The van der Waals surface area contributed by atoms with E-state index in [4.69, 9.17) is 9.47 Å². The molecule has 1 heterocycles. The molecule has 0 saturated carbocycles. The van der Waals surface area contributed by atoms with Crippen LogP contribution in [0, 0.1) is 5.92 Å². The Labute approximate surface area is 136 Å². The molecule has 0 bridgehead atoms. The first-order valence-corrected chi connectivity index (χ1v) is 7.73. The highest BCUT2D eigenvalue weighted by molar-refractivity contribution is 5.88. The van der Waals surface area contributed by atoms with E-state index >= 15 is 0 Å². The summed E-state index contributed by atoms with van der Waals surface area (Å²) in [5.74, 6) is -0.708. The summed E-state index contributed by atoms with van der Waals surface area (Å²) >= 11 is 0. The molecular weight excluding hydrogens is 294 g/mol. The van der Waals surface area contributed by atoms with Gasteiger partial charge in [-0.25, -0.2) is 0 Å². The van der Waals surface area contributed by atoms with E-state index in [2.05, 4.69) is 11.9 Å². The third-order valence-electron chi connectivity index (χ3n) is 3.85. The van der Waals surface area contributed by atoms with Gasteiger partial charge >= 0.3 is 5.97 Å². The molecule has 23 heavy (non-hydrogen) atoms. The zero-order valence-corrected chi connectivity index (χ0v) is 13.8. The molecule has 1 aliphatic heterocycles. The first kappa shape index (κ1) is 17.2. The van der Waals surface area contributed by atoms with E-state index in [9.17, 15) is 9.59 Å². The van der Waals surface area contributed by atoms with Crippen LogP contribution in [0.15, 0.2) is 36.4 Å². The van der Waals surface area contributed by atoms with Crippen molar-refractivity contribution in [3.8, 4) is 0 Å². The number of carbonyl (C=O) groups excluding carboxylic acids is 2. The monoisotopic (exact) mass is 317 g/mol. The second-order valence-electron chi connectivity index (χ2n) is 5.92. The minimum Gasteiger partial charge on any atom is -0.457 e. The summed E-state index contributed by atoms with van der Waals surface area (Å²) in [7, 11) is 0. The van der Waals surface area contributed by atoms with Gasteiger partial charge in [0.2, 0.25) is 5.91 Å². The lowest BCUT2D eigenvalue weighted by molar-refractivity contribution is -0.154. The van der Waals surface area contributed by atoms with E-state index in [1.807, 2.05) is 26.0 Å². The fraction of sp³-hybridized carbons (Fsp3) is 0.444. The number of hydrogen-bond donors (Lipinski definition) is 1. The molecule has 1 saturated heterocycles. The van der Waals surface area contributed by atoms with Gasteiger partial charge in [0, 0.05) is 19.2 Å². The predicted octanol–water partition coefficient (Wildman–Crippen LogP) is 3.23. The molecule has 1 amide bonds. The molecule has 1 N–H and O–H groups in total. The number of ether oxygens (including phenoxy) is 2. The number of amides is 1. The minimum atomic E-state index is -0.400. The van der Waals surface area contributed by atoms with E-state index in [1.54, 1.807) is 12.1 Å². The Morgan fingerprint density at radius 1 is 1.39 bits per heavy atom. The van der Waals surface area contributed by atoms with Gasteiger partial charge in [0.15, 0.2) is 0 Å². The Balaban J connectivity index is 2.03. The second-order valence-corrected chi connectivity index (χ2v) is 5.92. The zero-order valence-electron chi connectivity index (χ0n) is 13.8. The highest BCUT2D eigenvalue weighted by Crippen LogP contribution is 2.29. The standard InChI is InChI=1S/C18H23NO4/c1-11(2)17-16(8-9-22-17)18(21)23-12(3)14-6-5-7-15(10-14)19-13(4)20/h5-7,10,12,16-17H,1,8-9H2,2-4H3,(H,19,20)/t12-,16-,17-/m1/s1. The van der Waals surface area contributed by atoms with Crippen molar-refractivity contribution in [3.05, 3.63) is 42.0 Å². The van der Waals surface area contributed by atoms with E-state index in [0.717, 1.165) is 11.1 Å². The molecule has 0 spiro atoms. The van der Waals surface area contributed by atoms with Crippen molar-refractivity contribution in [2.45, 2.75) is 39.4 Å². The van der Waals surface area contributed by atoms with Crippen LogP contribution in [0.2, 0.25) is 0 Å². The molecule has 1 aromatic rings. The Morgan fingerprint density at radius 2 is 2.13 bits per heavy atom. The number of rotatable bonds is 5. The smallest absolute Gasteiger partial charge is 0.312 e. The molecular formula is C18H23NO4. The van der Waals surface area contributed by atoms with E-state index in [0.29, 0.717) is 18.7 Å². The molecule has 124 valence electrons. The van der Waals surface area contributed by atoms with E-state index < -0.39 is 6.10 Å². The van der Waals surface area contributed by atoms with Gasteiger partial charge in [0.25, 0.3) is 0 Å². The molecule has 5 nitrogen and oxygen atoms in total. The average molecular weight is 317 g/mol. The average Bonchev–Trinajstić information content (AvgIpc) is 2.96. The van der Waals surface area contributed by atoms with Crippen molar-refractivity contribution in [2.24, 2.45) is 5.92 Å². The summed E-state index contributed by atoms with van der Waals surface area (Å²) in [6, 6.07) is 7.28. The SMILES string of the molecule is C=C(C)[C@H]1OCC[C@H]1C(=O)O[C@H](C)c1cccc(NC(C)=O)c1. The van der Waals surface area contributed by atoms with Crippen molar-refractivity contribution in [1.82, 2.24) is 0 Å². The highest BCUT2D eigenvalue weighted by Gasteiger charge is 2.36. The summed E-state index contributed by atoms with van der Waals surface area (Å²) in [5.41, 5.74) is 2.35. The maximum Gasteiger partial charge on any atom is 0.312 e. The van der Waals surface area contributed by atoms with Crippen molar-refractivity contribution in [3.63, 3.8) is 0 Å². The van der Waals surface area contributed by atoms with Gasteiger partial charge in [-0.05, 0) is 38.0 Å². The minimum absolute atomic E-state index is 0.140. The molecule has 0 radical (unpaired) electrons. The molecule has 0 unspecified atom stereocenters. The predicted molar refractivity (Wildman–Crippen MR) is 87.9 cm³/mol. The Bertz CT molecular complexity index is 611. The third kappa shape index (κ3) is 4.42. The number of hydrogen-bond acceptors (Lipinski definition) is 4. The zero-order chi connectivity index (χ0) is 17.0. The Morgan fingerprint density at radius 3 is 2.78 bits per heavy atom. The van der Waals surface area contributed by atoms with Gasteiger partial charge in [0.05, 0.1) is 12.0 Å². The van der Waals surface area contributed by atoms with Crippen LogP contribution in [0.5, 0.6) is 0 Å². The summed E-state index contributed by atoms with van der Waals surface area (Å²) < 4.78 is 11.1. The summed E-state index contributed by atoms with van der Waals surface area (Å²) in [6.45, 7) is 9.54. The van der Waals surface area contributed by atoms with Crippen LogP contribution < -0.4 is 5.32 Å². The number of benzene rings is 1. The number of nitrogens with one attached hydrogen (secondary N) is 1. The number of esters is 1. The quantitative estimate of drug-likeness (QED) is 0.669. The molecule has 2 rings (SSSR count). The Hall–Kier alpha value is -2.14. The van der Waals surface area contributed by atoms with Crippen molar-refractivity contribution >= 4 is 17.6 Å². The van der Waals surface area contributed by atoms with Crippen LogP contribution in [0.25, 0.3) is 0 Å². The lowest BCUT2D eigenvalue weighted by Crippen LogP contribution is -2.27. The van der Waals surface area contributed by atoms with Crippen molar-refractivity contribution in [1.29, 1.82) is 0 Å². The van der Waals surface area contributed by atoms with Crippen LogP contribution in [-0.4, -0.2) is 24.6 Å². The molecule has 5 heteroatoms. The first-order chi connectivity index (χ1) is 10.9. The van der Waals surface area contributed by atoms with Crippen LogP contribution in [0.3, 0.4) is 0 Å². The van der Waals surface area contributed by atoms with Crippen molar-refractivity contribution in [2.75, 3.05) is 11.9 Å². The van der Waals surface area contributed by atoms with Gasteiger partial charge < -0.3 is 14.8 Å². The molecule has 1 aromatic carbocycles. The van der Waals surface area contributed by atoms with Gasteiger partial charge in [-0.2, -0.15) is 0 Å². The molecule has 3 atom stereocenters. The first-order valence-electron chi connectivity index (χ1n) is 7.73. The largest absolute Gasteiger partial charge is 0.457 e. The van der Waals surface area contributed by atoms with Crippen LogP contribution in [-0.2, 0) is 19.1 Å². The third-order valence-corrected chi connectivity index (χ3v) is 3.85. The number of anilines is 1. The molecule has 1 fully saturated rings. The van der Waals surface area contributed by atoms with Crippen molar-refractivity contribution < 1.29 is 19.1 Å². The maximum atomic E-state index is 12.4. The fourth-order valence-electron chi connectivity index (χ4n) is 2.72. The van der Waals surface area contributed by atoms with Gasteiger partial charge in [-0.15, -0.1) is 0 Å². The van der Waals surface area contributed by atoms with Crippen LogP contribution in [0.1, 0.15) is 38.9 Å². The summed E-state index contributed by atoms with van der Waals surface area (Å²) in [6.07, 6.45) is -0.0161. The topological polar surface area (TPSA) is 64.6 Å². The lowest BCUT2D eigenvalue weighted by Gasteiger charge is -2.21. The lowest BCUT2D eigenvalue weighted by atomic mass is 9.97. The molecule has 0 aliphatic carbocycles. The Kier molecular flexibility index (Phi) is 5.55. The van der Waals surface area contributed by atoms with Crippen LogP contribution >= 0.6 is 0 Å². The normalized spacial score (nSPS) is 21.5. The van der Waals surface area contributed by atoms with E-state index in [1.165, 1.54) is 6.92 Å². The van der Waals surface area contributed by atoms with Crippen LogP contribution in [0.4, 0.5) is 5.69 Å². The van der Waals surface area contributed by atoms with Gasteiger partial charge in [0.1, 0.15) is 6.10 Å². The fourth-order valence-corrected chi connectivity index (χ4v) is 2.72. The summed E-state index contributed by atoms with van der Waals surface area (Å²) in [5, 5.41) is 2.72. The van der Waals surface area contributed by atoms with Gasteiger partial charge in [-0.1, -0.05) is 24.3 Å². The maximum absolute atomic E-state index is 12.4. The second kappa shape index (κ2) is 7.42.